The molecule has 1 saturated carbocycles. The highest BCUT2D eigenvalue weighted by atomic mass is 16.3. The molecule has 0 amide bonds. The molecule has 22 heavy (non-hydrogen) atoms. The number of carbonyl (C=O) groups excluding carboxylic acids is 1. The van der Waals surface area contributed by atoms with Gasteiger partial charge in [0.1, 0.15) is 11.9 Å². The molecule has 3 unspecified atom stereocenters. The van der Waals surface area contributed by atoms with Crippen LogP contribution in [0.25, 0.3) is 0 Å². The number of carbonyl (C=O) groups is 1. The number of Topliss-reactive ketones (excluding diaryl/α,β-unsaturated/α-hetero) is 1. The molecule has 1 aromatic rings. The Kier molecular flexibility index (Phi) is 3.59. The Balaban J connectivity index is 2.23. The molecule has 3 rings (SSSR count). The van der Waals surface area contributed by atoms with Crippen molar-refractivity contribution in [2.75, 3.05) is 0 Å². The van der Waals surface area contributed by atoms with Crippen molar-refractivity contribution in [1.82, 2.24) is 0 Å². The van der Waals surface area contributed by atoms with Crippen LogP contribution in [0.5, 0.6) is 5.75 Å². The molecular formula is C19H26O3. The van der Waals surface area contributed by atoms with Crippen molar-refractivity contribution in [1.29, 1.82) is 0 Å². The lowest BCUT2D eigenvalue weighted by Crippen LogP contribution is -2.53. The first kappa shape index (κ1) is 15.5. The third-order valence-corrected chi connectivity index (χ3v) is 5.98. The summed E-state index contributed by atoms with van der Waals surface area (Å²) >= 11 is 0. The van der Waals surface area contributed by atoms with E-state index in [1.165, 1.54) is 0 Å². The third-order valence-electron chi connectivity index (χ3n) is 5.98. The largest absolute Gasteiger partial charge is 0.508 e. The number of hydrogen-bond acceptors (Lipinski definition) is 3. The summed E-state index contributed by atoms with van der Waals surface area (Å²) < 4.78 is 0. The molecule has 0 radical (unpaired) electrons. The highest BCUT2D eigenvalue weighted by Gasteiger charge is 2.52. The van der Waals surface area contributed by atoms with Crippen LogP contribution in [0, 0.1) is 11.8 Å². The number of aliphatic hydroxyl groups is 1. The van der Waals surface area contributed by atoms with Crippen molar-refractivity contribution in [3.05, 3.63) is 28.8 Å². The number of rotatable bonds is 1. The number of fused-ring (bicyclic) bond motifs is 3. The highest BCUT2D eigenvalue weighted by molar-refractivity contribution is 6.03. The van der Waals surface area contributed by atoms with Crippen LogP contribution in [0.15, 0.2) is 12.1 Å². The number of benzene rings is 1. The van der Waals surface area contributed by atoms with E-state index in [-0.39, 0.29) is 28.8 Å². The molecule has 4 atom stereocenters. The van der Waals surface area contributed by atoms with E-state index < -0.39 is 6.10 Å². The number of phenolic OH excluding ortho intramolecular Hbond substituents is 1. The van der Waals surface area contributed by atoms with Crippen molar-refractivity contribution in [2.45, 2.75) is 64.4 Å². The Morgan fingerprint density at radius 2 is 2.00 bits per heavy atom. The second-order valence-corrected chi connectivity index (χ2v) is 7.73. The van der Waals surface area contributed by atoms with E-state index in [1.54, 1.807) is 6.07 Å². The molecule has 3 nitrogen and oxygen atoms in total. The Hall–Kier alpha value is -1.35. The van der Waals surface area contributed by atoms with Gasteiger partial charge in [-0.05, 0) is 46.9 Å². The second-order valence-electron chi connectivity index (χ2n) is 7.73. The zero-order chi connectivity index (χ0) is 16.2. The summed E-state index contributed by atoms with van der Waals surface area (Å²) in [5.41, 5.74) is 2.10. The zero-order valence-corrected chi connectivity index (χ0v) is 13.9. The summed E-state index contributed by atoms with van der Waals surface area (Å²) in [5, 5.41) is 21.0. The van der Waals surface area contributed by atoms with E-state index in [4.69, 9.17) is 0 Å². The first-order valence-corrected chi connectivity index (χ1v) is 8.37. The number of ketones is 1. The minimum Gasteiger partial charge on any atom is -0.508 e. The minimum absolute atomic E-state index is 0.0504. The quantitative estimate of drug-likeness (QED) is 0.830. The van der Waals surface area contributed by atoms with Crippen LogP contribution in [0.2, 0.25) is 0 Å². The SMILES string of the molecule is CC(C)c1cc2c(cc1O)C1(C)CCCC(C)C1[C@@H](O)C2=O. The molecule has 0 aromatic heterocycles. The van der Waals surface area contributed by atoms with E-state index in [2.05, 4.69) is 13.8 Å². The van der Waals surface area contributed by atoms with Gasteiger partial charge in [-0.15, -0.1) is 0 Å². The molecule has 3 heteroatoms. The predicted octanol–water partition coefficient (Wildman–Crippen LogP) is 3.77. The molecule has 1 fully saturated rings. The van der Waals surface area contributed by atoms with Crippen LogP contribution in [-0.4, -0.2) is 22.1 Å². The molecular weight excluding hydrogens is 276 g/mol. The van der Waals surface area contributed by atoms with E-state index in [9.17, 15) is 15.0 Å². The molecule has 0 saturated heterocycles. The number of phenols is 1. The van der Waals surface area contributed by atoms with Crippen LogP contribution in [-0.2, 0) is 5.41 Å². The third kappa shape index (κ3) is 2.02. The van der Waals surface area contributed by atoms with Crippen molar-refractivity contribution in [3.63, 3.8) is 0 Å². The van der Waals surface area contributed by atoms with Gasteiger partial charge >= 0.3 is 0 Å². The molecule has 2 aliphatic rings. The lowest BCUT2D eigenvalue weighted by atomic mass is 9.54. The Morgan fingerprint density at radius 1 is 1.32 bits per heavy atom. The summed E-state index contributed by atoms with van der Waals surface area (Å²) in [6.07, 6.45) is 2.19. The van der Waals surface area contributed by atoms with Gasteiger partial charge in [-0.2, -0.15) is 0 Å². The van der Waals surface area contributed by atoms with E-state index in [0.29, 0.717) is 11.5 Å². The van der Waals surface area contributed by atoms with Gasteiger partial charge in [0.15, 0.2) is 5.78 Å². The Morgan fingerprint density at radius 3 is 2.64 bits per heavy atom. The van der Waals surface area contributed by atoms with Crippen LogP contribution in [0.1, 0.15) is 74.4 Å². The van der Waals surface area contributed by atoms with Gasteiger partial charge in [0.05, 0.1) is 0 Å². The maximum absolute atomic E-state index is 12.7. The molecule has 1 aromatic carbocycles. The van der Waals surface area contributed by atoms with Gasteiger partial charge in [0, 0.05) is 11.5 Å². The summed E-state index contributed by atoms with van der Waals surface area (Å²) in [7, 11) is 0. The maximum atomic E-state index is 12.7. The summed E-state index contributed by atoms with van der Waals surface area (Å²) in [5.74, 6) is 0.513. The molecule has 0 spiro atoms. The zero-order valence-electron chi connectivity index (χ0n) is 13.9. The van der Waals surface area contributed by atoms with Gasteiger partial charge in [-0.3, -0.25) is 4.79 Å². The predicted molar refractivity (Wildman–Crippen MR) is 86.4 cm³/mol. The van der Waals surface area contributed by atoms with E-state index >= 15 is 0 Å². The molecule has 0 heterocycles. The maximum Gasteiger partial charge on any atom is 0.191 e. The summed E-state index contributed by atoms with van der Waals surface area (Å²) in [4.78, 5) is 12.7. The molecule has 0 aliphatic heterocycles. The fraction of sp³-hybridized carbons (Fsp3) is 0.632. The van der Waals surface area contributed by atoms with Gasteiger partial charge in [-0.1, -0.05) is 40.5 Å². The second kappa shape index (κ2) is 5.09. The van der Waals surface area contributed by atoms with Gasteiger partial charge < -0.3 is 10.2 Å². The van der Waals surface area contributed by atoms with Crippen molar-refractivity contribution >= 4 is 5.78 Å². The Bertz CT molecular complexity index is 619. The van der Waals surface area contributed by atoms with E-state index in [1.807, 2.05) is 19.9 Å². The van der Waals surface area contributed by atoms with Crippen molar-refractivity contribution < 1.29 is 15.0 Å². The fourth-order valence-electron chi connectivity index (χ4n) is 4.81. The minimum atomic E-state index is -0.919. The molecule has 2 aliphatic carbocycles. The summed E-state index contributed by atoms with van der Waals surface area (Å²) in [6, 6.07) is 3.60. The molecule has 2 N–H and O–H groups in total. The van der Waals surface area contributed by atoms with Gasteiger partial charge in [-0.25, -0.2) is 0 Å². The number of aliphatic hydroxyl groups excluding tert-OH is 1. The standard InChI is InChI=1S/C19H26O3/c1-10(2)12-8-13-14(9-15(12)20)19(4)7-5-6-11(3)16(19)18(22)17(13)21/h8-11,16,18,20,22H,5-7H2,1-4H3/t11?,16?,18-,19?/m1/s1. The van der Waals surface area contributed by atoms with Crippen LogP contribution >= 0.6 is 0 Å². The first-order chi connectivity index (χ1) is 10.3. The van der Waals surface area contributed by atoms with Crippen LogP contribution < -0.4 is 0 Å². The normalized spacial score (nSPS) is 34.5. The average Bonchev–Trinajstić information content (AvgIpc) is 2.44. The van der Waals surface area contributed by atoms with Gasteiger partial charge in [0.25, 0.3) is 0 Å². The monoisotopic (exact) mass is 302 g/mol. The summed E-state index contributed by atoms with van der Waals surface area (Å²) in [6.45, 7) is 8.28. The van der Waals surface area contributed by atoms with Gasteiger partial charge in [0.2, 0.25) is 0 Å². The molecule has 120 valence electrons. The lowest BCUT2D eigenvalue weighted by Gasteiger charge is -2.51. The van der Waals surface area contributed by atoms with Crippen LogP contribution in [0.3, 0.4) is 0 Å². The number of aromatic hydroxyl groups is 1. The Labute approximate surface area is 132 Å². The topological polar surface area (TPSA) is 57.5 Å². The fourth-order valence-corrected chi connectivity index (χ4v) is 4.81. The van der Waals surface area contributed by atoms with E-state index in [0.717, 1.165) is 30.4 Å². The lowest BCUT2D eigenvalue weighted by molar-refractivity contribution is 0.000362. The van der Waals surface area contributed by atoms with Crippen LogP contribution in [0.4, 0.5) is 0 Å². The van der Waals surface area contributed by atoms with Crippen molar-refractivity contribution in [2.24, 2.45) is 11.8 Å². The van der Waals surface area contributed by atoms with Crippen molar-refractivity contribution in [3.8, 4) is 5.75 Å². The average molecular weight is 302 g/mol. The number of hydrogen-bond donors (Lipinski definition) is 2. The smallest absolute Gasteiger partial charge is 0.191 e. The highest BCUT2D eigenvalue weighted by Crippen LogP contribution is 2.53. The molecule has 0 bridgehead atoms. The first-order valence-electron chi connectivity index (χ1n) is 8.37.